The van der Waals surface area contributed by atoms with Crippen molar-refractivity contribution >= 4 is 23.1 Å². The molecule has 8 heteroatoms. The minimum Gasteiger partial charge on any atom is -0.302 e. The highest BCUT2D eigenvalue weighted by atomic mass is 32.1. The van der Waals surface area contributed by atoms with E-state index in [-0.39, 0.29) is 11.2 Å². The Hall–Kier alpha value is -3.26. The van der Waals surface area contributed by atoms with Crippen LogP contribution in [0.5, 0.6) is 0 Å². The van der Waals surface area contributed by atoms with Crippen molar-refractivity contribution in [2.24, 2.45) is 0 Å². The Kier molecular flexibility index (Phi) is 4.56. The van der Waals surface area contributed by atoms with Gasteiger partial charge in [-0.2, -0.15) is 5.10 Å². The van der Waals surface area contributed by atoms with Gasteiger partial charge in [0.15, 0.2) is 11.6 Å². The van der Waals surface area contributed by atoms with Crippen LogP contribution in [0.1, 0.15) is 37.1 Å². The lowest BCUT2D eigenvalue weighted by atomic mass is 9.92. The molecule has 1 aromatic carbocycles. The van der Waals surface area contributed by atoms with Gasteiger partial charge in [0.25, 0.3) is 5.91 Å². The van der Waals surface area contributed by atoms with E-state index >= 15 is 0 Å². The minimum atomic E-state index is -0.403. The van der Waals surface area contributed by atoms with E-state index in [9.17, 15) is 4.79 Å². The molecule has 0 saturated heterocycles. The van der Waals surface area contributed by atoms with Crippen LogP contribution in [-0.4, -0.2) is 30.9 Å². The number of H-pyrrole nitrogens is 1. The molecule has 7 nitrogen and oxygen atoms in total. The maximum atomic E-state index is 12.7. The summed E-state index contributed by atoms with van der Waals surface area (Å²) in [6, 6.07) is 15.4. The van der Waals surface area contributed by atoms with Gasteiger partial charge in [0, 0.05) is 17.2 Å². The Morgan fingerprint density at radius 3 is 2.57 bits per heavy atom. The summed E-state index contributed by atoms with van der Waals surface area (Å²) < 4.78 is 1.69. The lowest BCUT2D eigenvalue weighted by Crippen LogP contribution is -2.14. The van der Waals surface area contributed by atoms with Gasteiger partial charge in [-0.15, -0.1) is 16.4 Å². The second-order valence-corrected chi connectivity index (χ2v) is 8.30. The Morgan fingerprint density at radius 1 is 1.14 bits per heavy atom. The Balaban J connectivity index is 1.66. The van der Waals surface area contributed by atoms with Gasteiger partial charge in [-0.05, 0) is 23.6 Å². The molecule has 142 valence electrons. The zero-order valence-electron chi connectivity index (χ0n) is 15.8. The number of carbonyl (C=O) groups is 1. The van der Waals surface area contributed by atoms with Crippen LogP contribution in [0.15, 0.2) is 53.9 Å². The average Bonchev–Trinajstić information content (AvgIpc) is 3.41. The van der Waals surface area contributed by atoms with Crippen LogP contribution >= 0.6 is 11.3 Å². The molecular weight excluding hydrogens is 372 g/mol. The summed E-state index contributed by atoms with van der Waals surface area (Å²) in [6.07, 6.45) is 0. The predicted molar refractivity (Wildman–Crippen MR) is 110 cm³/mol. The first-order valence-electron chi connectivity index (χ1n) is 8.85. The van der Waals surface area contributed by atoms with E-state index in [1.807, 2.05) is 53.9 Å². The Labute approximate surface area is 166 Å². The van der Waals surface area contributed by atoms with Crippen LogP contribution in [0.25, 0.3) is 16.4 Å². The summed E-state index contributed by atoms with van der Waals surface area (Å²) in [5.41, 5.74) is 1.69. The van der Waals surface area contributed by atoms with Crippen molar-refractivity contribution in [2.45, 2.75) is 26.2 Å². The van der Waals surface area contributed by atoms with Crippen LogP contribution in [0.3, 0.4) is 0 Å². The summed E-state index contributed by atoms with van der Waals surface area (Å²) in [4.78, 5) is 18.2. The highest BCUT2D eigenvalue weighted by molar-refractivity contribution is 7.13. The van der Waals surface area contributed by atoms with E-state index in [4.69, 9.17) is 0 Å². The van der Waals surface area contributed by atoms with Crippen molar-refractivity contribution in [1.82, 2.24) is 25.0 Å². The number of para-hydroxylation sites is 1. The third-order valence-corrected chi connectivity index (χ3v) is 5.05. The molecule has 2 N–H and O–H groups in total. The van der Waals surface area contributed by atoms with Crippen molar-refractivity contribution in [1.29, 1.82) is 0 Å². The molecule has 0 unspecified atom stereocenters. The number of anilines is 1. The molecule has 3 heterocycles. The normalized spacial score (nSPS) is 11.5. The van der Waals surface area contributed by atoms with Crippen LogP contribution in [0.4, 0.5) is 5.82 Å². The molecule has 0 fully saturated rings. The maximum Gasteiger partial charge on any atom is 0.296 e. The van der Waals surface area contributed by atoms with E-state index in [0.717, 1.165) is 16.3 Å². The fourth-order valence-electron chi connectivity index (χ4n) is 2.66. The van der Waals surface area contributed by atoms with E-state index in [2.05, 4.69) is 46.4 Å². The lowest BCUT2D eigenvalue weighted by molar-refractivity contribution is 0.101. The topological polar surface area (TPSA) is 88.5 Å². The smallest absolute Gasteiger partial charge is 0.296 e. The number of amides is 1. The van der Waals surface area contributed by atoms with Crippen molar-refractivity contribution in [3.05, 3.63) is 65.4 Å². The molecule has 3 aromatic heterocycles. The van der Waals surface area contributed by atoms with E-state index in [0.29, 0.717) is 11.6 Å². The van der Waals surface area contributed by atoms with E-state index in [1.165, 1.54) is 0 Å². The number of thiophene rings is 1. The maximum absolute atomic E-state index is 12.7. The third-order valence-electron chi connectivity index (χ3n) is 4.18. The summed E-state index contributed by atoms with van der Waals surface area (Å²) >= 11 is 1.55. The van der Waals surface area contributed by atoms with Crippen molar-refractivity contribution in [3.8, 4) is 16.4 Å². The average molecular weight is 392 g/mol. The first kappa shape index (κ1) is 18.1. The molecule has 0 bridgehead atoms. The molecule has 4 aromatic rings. The second-order valence-electron chi connectivity index (χ2n) is 7.35. The van der Waals surface area contributed by atoms with Gasteiger partial charge in [0.2, 0.25) is 5.82 Å². The Bertz CT molecular complexity index is 1090. The molecule has 0 aliphatic heterocycles. The molecule has 28 heavy (non-hydrogen) atoms. The predicted octanol–water partition coefficient (Wildman–Crippen LogP) is 4.27. The fourth-order valence-corrected chi connectivity index (χ4v) is 3.36. The fraction of sp³-hybridized carbons (Fsp3) is 0.200. The van der Waals surface area contributed by atoms with E-state index in [1.54, 1.807) is 16.0 Å². The van der Waals surface area contributed by atoms with Gasteiger partial charge in [0.05, 0.1) is 10.6 Å². The number of aromatic nitrogens is 5. The second kappa shape index (κ2) is 7.05. The molecule has 4 rings (SSSR count). The molecule has 0 radical (unpaired) electrons. The number of hydrogen-bond donors (Lipinski definition) is 2. The van der Waals surface area contributed by atoms with Crippen LogP contribution < -0.4 is 5.32 Å². The van der Waals surface area contributed by atoms with Gasteiger partial charge in [-0.3, -0.25) is 9.89 Å². The first-order chi connectivity index (χ1) is 13.4. The molecule has 0 aliphatic carbocycles. The number of hydrogen-bond acceptors (Lipinski definition) is 5. The van der Waals surface area contributed by atoms with Crippen LogP contribution in [-0.2, 0) is 5.41 Å². The SMILES string of the molecule is CC(C)(C)c1cc(NC(=O)c2nc(-c3cccs3)n(-c3ccccc3)n2)n[nH]1. The largest absolute Gasteiger partial charge is 0.302 e. The molecule has 0 aliphatic rings. The summed E-state index contributed by atoms with van der Waals surface area (Å²) in [5.74, 6) is 0.763. The van der Waals surface area contributed by atoms with Crippen LogP contribution in [0.2, 0.25) is 0 Å². The first-order valence-corrected chi connectivity index (χ1v) is 9.73. The van der Waals surface area contributed by atoms with Gasteiger partial charge in [-0.25, -0.2) is 9.67 Å². The highest BCUT2D eigenvalue weighted by Gasteiger charge is 2.21. The van der Waals surface area contributed by atoms with Gasteiger partial charge in [0.1, 0.15) is 0 Å². The number of rotatable bonds is 4. The standard InChI is InChI=1S/C20H20N6OS/c1-20(2,3)15-12-16(24-23-15)21-19(27)17-22-18(14-10-7-11-28-14)26(25-17)13-8-5-4-6-9-13/h4-12H,1-3H3,(H2,21,23,24,27). The highest BCUT2D eigenvalue weighted by Crippen LogP contribution is 2.26. The molecule has 0 atom stereocenters. The number of nitrogens with zero attached hydrogens (tertiary/aromatic N) is 4. The van der Waals surface area contributed by atoms with Gasteiger partial charge in [-0.1, -0.05) is 45.0 Å². The number of nitrogens with one attached hydrogen (secondary N) is 2. The number of benzene rings is 1. The third kappa shape index (κ3) is 3.59. The van der Waals surface area contributed by atoms with Gasteiger partial charge >= 0.3 is 0 Å². The zero-order valence-corrected chi connectivity index (χ0v) is 16.6. The number of carbonyl (C=O) groups excluding carboxylic acids is 1. The summed E-state index contributed by atoms with van der Waals surface area (Å²) in [6.45, 7) is 6.22. The van der Waals surface area contributed by atoms with E-state index < -0.39 is 5.91 Å². The van der Waals surface area contributed by atoms with Crippen molar-refractivity contribution < 1.29 is 4.79 Å². The Morgan fingerprint density at radius 2 is 1.93 bits per heavy atom. The zero-order chi connectivity index (χ0) is 19.7. The minimum absolute atomic E-state index is 0.0878. The number of aromatic amines is 1. The quantitative estimate of drug-likeness (QED) is 0.543. The van der Waals surface area contributed by atoms with Crippen LogP contribution in [0, 0.1) is 0 Å². The lowest BCUT2D eigenvalue weighted by Gasteiger charge is -2.14. The van der Waals surface area contributed by atoms with Gasteiger partial charge < -0.3 is 5.32 Å². The van der Waals surface area contributed by atoms with Crippen molar-refractivity contribution in [3.63, 3.8) is 0 Å². The summed E-state index contributed by atoms with van der Waals surface area (Å²) in [5, 5.41) is 16.3. The summed E-state index contributed by atoms with van der Waals surface area (Å²) in [7, 11) is 0. The molecule has 0 spiro atoms. The monoisotopic (exact) mass is 392 g/mol. The molecule has 0 saturated carbocycles. The van der Waals surface area contributed by atoms with Crippen molar-refractivity contribution in [2.75, 3.05) is 5.32 Å². The molecular formula is C20H20N6OS. The molecule has 1 amide bonds.